The number of para-hydroxylation sites is 1. The van der Waals surface area contributed by atoms with Crippen LogP contribution in [-0.4, -0.2) is 24.6 Å². The number of anilines is 1. The van der Waals surface area contributed by atoms with Gasteiger partial charge in [0.25, 0.3) is 10.0 Å². The van der Waals surface area contributed by atoms with Crippen LogP contribution in [0.4, 0.5) is 18.9 Å². The predicted octanol–water partition coefficient (Wildman–Crippen LogP) is 3.63. The Kier molecular flexibility index (Phi) is 5.08. The average Bonchev–Trinajstić information content (AvgIpc) is 3.01. The Bertz CT molecular complexity index is 1020. The summed E-state index contributed by atoms with van der Waals surface area (Å²) < 4.78 is 70.0. The first kappa shape index (κ1) is 18.8. The highest BCUT2D eigenvalue weighted by Crippen LogP contribution is 2.30. The Hall–Kier alpha value is -3.01. The quantitative estimate of drug-likeness (QED) is 0.689. The molecule has 1 aromatic heterocycles. The molecule has 1 N–H and O–H groups in total. The van der Waals surface area contributed by atoms with E-state index in [0.29, 0.717) is 6.54 Å². The summed E-state index contributed by atoms with van der Waals surface area (Å²) in [5, 5.41) is 4.05. The molecule has 0 saturated heterocycles. The maximum Gasteiger partial charge on any atom is 0.573 e. The van der Waals surface area contributed by atoms with Gasteiger partial charge in [0.05, 0.1) is 18.4 Å². The molecule has 0 fully saturated rings. The summed E-state index contributed by atoms with van der Waals surface area (Å²) in [4.78, 5) is -0.627. The highest BCUT2D eigenvalue weighted by molar-refractivity contribution is 7.92. The summed E-state index contributed by atoms with van der Waals surface area (Å²) in [5.74, 6) is -0.811. The Morgan fingerprint density at radius 2 is 1.70 bits per heavy atom. The van der Waals surface area contributed by atoms with E-state index in [1.54, 1.807) is 0 Å². The van der Waals surface area contributed by atoms with Crippen LogP contribution >= 0.6 is 0 Å². The van der Waals surface area contributed by atoms with Gasteiger partial charge in [0.2, 0.25) is 0 Å². The SMILES string of the molecule is O=S(=O)(Nc1cnn(Cc2ccccc2)c1)c1ccccc1OC(F)(F)F. The molecule has 27 heavy (non-hydrogen) atoms. The zero-order chi connectivity index (χ0) is 19.5. The second-order valence-electron chi connectivity index (χ2n) is 5.51. The number of nitrogens with one attached hydrogen (secondary N) is 1. The molecule has 142 valence electrons. The Morgan fingerprint density at radius 1 is 1.04 bits per heavy atom. The van der Waals surface area contributed by atoms with Crippen LogP contribution in [0.1, 0.15) is 5.56 Å². The van der Waals surface area contributed by atoms with E-state index >= 15 is 0 Å². The van der Waals surface area contributed by atoms with Crippen molar-refractivity contribution in [3.8, 4) is 5.75 Å². The number of alkyl halides is 3. The number of nitrogens with zero attached hydrogens (tertiary/aromatic N) is 2. The average molecular weight is 397 g/mol. The van der Waals surface area contributed by atoms with Gasteiger partial charge in [-0.3, -0.25) is 9.40 Å². The van der Waals surface area contributed by atoms with Crippen LogP contribution < -0.4 is 9.46 Å². The predicted molar refractivity (Wildman–Crippen MR) is 91.7 cm³/mol. The summed E-state index contributed by atoms with van der Waals surface area (Å²) in [6.07, 6.45) is -2.29. The molecule has 0 radical (unpaired) electrons. The van der Waals surface area contributed by atoms with E-state index in [1.165, 1.54) is 29.2 Å². The first-order chi connectivity index (χ1) is 12.7. The first-order valence-electron chi connectivity index (χ1n) is 7.67. The molecule has 3 rings (SSSR count). The van der Waals surface area contributed by atoms with Gasteiger partial charge in [-0.05, 0) is 17.7 Å². The monoisotopic (exact) mass is 397 g/mol. The van der Waals surface area contributed by atoms with Gasteiger partial charge in [-0.1, -0.05) is 42.5 Å². The van der Waals surface area contributed by atoms with Crippen molar-refractivity contribution in [2.24, 2.45) is 0 Å². The van der Waals surface area contributed by atoms with Crippen LogP contribution in [0.5, 0.6) is 5.75 Å². The molecule has 0 aliphatic heterocycles. The number of hydrogen-bond donors (Lipinski definition) is 1. The van der Waals surface area contributed by atoms with Gasteiger partial charge in [0.15, 0.2) is 0 Å². The number of aromatic nitrogens is 2. The third kappa shape index (κ3) is 5.00. The molecule has 2 aromatic carbocycles. The fraction of sp³-hybridized carbons (Fsp3) is 0.118. The Balaban J connectivity index is 1.80. The zero-order valence-electron chi connectivity index (χ0n) is 13.7. The van der Waals surface area contributed by atoms with Crippen molar-refractivity contribution >= 4 is 15.7 Å². The smallest absolute Gasteiger partial charge is 0.404 e. The van der Waals surface area contributed by atoms with E-state index in [2.05, 4.69) is 14.6 Å². The second kappa shape index (κ2) is 7.31. The second-order valence-corrected chi connectivity index (χ2v) is 7.16. The van der Waals surface area contributed by atoms with E-state index < -0.39 is 27.0 Å². The number of sulfonamides is 1. The normalized spacial score (nSPS) is 12.0. The van der Waals surface area contributed by atoms with E-state index in [0.717, 1.165) is 17.7 Å². The highest BCUT2D eigenvalue weighted by atomic mass is 32.2. The standard InChI is InChI=1S/C17H14F3N3O3S/c18-17(19,20)26-15-8-4-5-9-16(15)27(24,25)22-14-10-21-23(12-14)11-13-6-2-1-3-7-13/h1-10,12,22H,11H2. The lowest BCUT2D eigenvalue weighted by molar-refractivity contribution is -0.275. The van der Waals surface area contributed by atoms with Gasteiger partial charge >= 0.3 is 6.36 Å². The van der Waals surface area contributed by atoms with E-state index in [1.807, 2.05) is 30.3 Å². The highest BCUT2D eigenvalue weighted by Gasteiger charge is 2.34. The largest absolute Gasteiger partial charge is 0.573 e. The molecule has 0 bridgehead atoms. The summed E-state index contributed by atoms with van der Waals surface area (Å²) in [7, 11) is -4.30. The number of rotatable bonds is 6. The maximum atomic E-state index is 12.5. The van der Waals surface area contributed by atoms with Crippen molar-refractivity contribution in [1.82, 2.24) is 9.78 Å². The molecular formula is C17H14F3N3O3S. The van der Waals surface area contributed by atoms with Gasteiger partial charge in [0.1, 0.15) is 10.6 Å². The minimum Gasteiger partial charge on any atom is -0.404 e. The van der Waals surface area contributed by atoms with Crippen molar-refractivity contribution in [3.05, 3.63) is 72.6 Å². The van der Waals surface area contributed by atoms with Gasteiger partial charge in [0, 0.05) is 6.20 Å². The molecule has 0 atom stereocenters. The number of halogens is 3. The number of ether oxygens (including phenoxy) is 1. The van der Waals surface area contributed by atoms with E-state index in [9.17, 15) is 21.6 Å². The number of hydrogen-bond acceptors (Lipinski definition) is 4. The van der Waals surface area contributed by atoms with Crippen molar-refractivity contribution in [2.75, 3.05) is 4.72 Å². The Morgan fingerprint density at radius 3 is 2.41 bits per heavy atom. The molecule has 0 saturated carbocycles. The fourth-order valence-electron chi connectivity index (χ4n) is 2.36. The third-order valence-electron chi connectivity index (χ3n) is 3.44. The molecule has 1 heterocycles. The van der Waals surface area contributed by atoms with Crippen molar-refractivity contribution in [2.45, 2.75) is 17.8 Å². The summed E-state index contributed by atoms with van der Waals surface area (Å²) in [6, 6.07) is 13.9. The molecule has 0 aliphatic carbocycles. The van der Waals surface area contributed by atoms with Crippen LogP contribution in [0.3, 0.4) is 0 Å². The minimum absolute atomic E-state index is 0.118. The topological polar surface area (TPSA) is 73.2 Å². The van der Waals surface area contributed by atoms with Crippen LogP contribution in [0.15, 0.2) is 71.9 Å². The molecule has 6 nitrogen and oxygen atoms in total. The summed E-state index contributed by atoms with van der Waals surface area (Å²) >= 11 is 0. The van der Waals surface area contributed by atoms with Crippen molar-refractivity contribution in [1.29, 1.82) is 0 Å². The molecule has 3 aromatic rings. The Labute approximate surface area is 153 Å². The van der Waals surface area contributed by atoms with Gasteiger partial charge < -0.3 is 4.74 Å². The van der Waals surface area contributed by atoms with Crippen LogP contribution in [0, 0.1) is 0 Å². The maximum absolute atomic E-state index is 12.5. The lowest BCUT2D eigenvalue weighted by Gasteiger charge is -2.13. The van der Waals surface area contributed by atoms with E-state index in [4.69, 9.17) is 0 Å². The first-order valence-corrected chi connectivity index (χ1v) is 9.15. The van der Waals surface area contributed by atoms with Crippen molar-refractivity contribution in [3.63, 3.8) is 0 Å². The van der Waals surface area contributed by atoms with Gasteiger partial charge in [-0.25, -0.2) is 8.42 Å². The summed E-state index contributed by atoms with van der Waals surface area (Å²) in [6.45, 7) is 0.413. The molecule has 10 heteroatoms. The fourth-order valence-corrected chi connectivity index (χ4v) is 3.52. The third-order valence-corrected chi connectivity index (χ3v) is 4.86. The number of benzene rings is 2. The van der Waals surface area contributed by atoms with Crippen molar-refractivity contribution < 1.29 is 26.3 Å². The van der Waals surface area contributed by atoms with Crippen LogP contribution in [0.25, 0.3) is 0 Å². The minimum atomic E-state index is -5.01. The molecule has 0 spiro atoms. The summed E-state index contributed by atoms with van der Waals surface area (Å²) in [5.41, 5.74) is 1.08. The van der Waals surface area contributed by atoms with Crippen LogP contribution in [-0.2, 0) is 16.6 Å². The van der Waals surface area contributed by atoms with Gasteiger partial charge in [-0.2, -0.15) is 5.10 Å². The van der Waals surface area contributed by atoms with Crippen LogP contribution in [0.2, 0.25) is 0 Å². The molecule has 0 unspecified atom stereocenters. The van der Waals surface area contributed by atoms with E-state index in [-0.39, 0.29) is 5.69 Å². The molecular weight excluding hydrogens is 383 g/mol. The lowest BCUT2D eigenvalue weighted by atomic mass is 10.2. The lowest BCUT2D eigenvalue weighted by Crippen LogP contribution is -2.20. The van der Waals surface area contributed by atoms with Gasteiger partial charge in [-0.15, -0.1) is 13.2 Å². The molecule has 0 amide bonds. The zero-order valence-corrected chi connectivity index (χ0v) is 14.5. The molecule has 0 aliphatic rings.